The molecule has 6 nitrogen and oxygen atoms in total. The fraction of sp³-hybridized carbons (Fsp3) is 0.500. The predicted molar refractivity (Wildman–Crippen MR) is 81.2 cm³/mol. The maximum atomic E-state index is 12.3. The molecule has 2 rings (SSSR count). The van der Waals surface area contributed by atoms with Crippen molar-refractivity contribution in [1.29, 1.82) is 0 Å². The summed E-state index contributed by atoms with van der Waals surface area (Å²) in [5.74, 6) is 0.619. The van der Waals surface area contributed by atoms with Crippen LogP contribution in [0.15, 0.2) is 34.3 Å². The van der Waals surface area contributed by atoms with Gasteiger partial charge in [-0.3, -0.25) is 0 Å². The molecule has 0 aromatic heterocycles. The Kier molecular flexibility index (Phi) is 4.84. The summed E-state index contributed by atoms with van der Waals surface area (Å²) >= 11 is 0. The van der Waals surface area contributed by atoms with Crippen LogP contribution in [0.4, 0.5) is 0 Å². The Morgan fingerprint density at radius 2 is 2.24 bits per heavy atom. The van der Waals surface area contributed by atoms with E-state index in [2.05, 4.69) is 17.4 Å². The van der Waals surface area contributed by atoms with Gasteiger partial charge < -0.3 is 16.3 Å². The molecule has 0 saturated heterocycles. The quantitative estimate of drug-likeness (QED) is 0.301. The molecule has 1 aliphatic carbocycles. The van der Waals surface area contributed by atoms with Crippen LogP contribution in [-0.4, -0.2) is 37.8 Å². The van der Waals surface area contributed by atoms with Crippen molar-refractivity contribution in [1.82, 2.24) is 5.32 Å². The number of amidine groups is 1. The number of hydrogen-bond donors (Lipinski definition) is 3. The molecule has 0 spiro atoms. The maximum Gasteiger partial charge on any atom is 0.179 e. The second-order valence-corrected chi connectivity index (χ2v) is 7.52. The first-order chi connectivity index (χ1) is 9.94. The second-order valence-electron chi connectivity index (χ2n) is 5.41. The highest BCUT2D eigenvalue weighted by Gasteiger charge is 2.27. The molecule has 0 radical (unpaired) electrons. The summed E-state index contributed by atoms with van der Waals surface area (Å²) in [6.45, 7) is 2.51. The lowest BCUT2D eigenvalue weighted by Gasteiger charge is -2.13. The lowest BCUT2D eigenvalue weighted by Crippen LogP contribution is -2.32. The number of hydrogen-bond acceptors (Lipinski definition) is 5. The zero-order valence-corrected chi connectivity index (χ0v) is 12.8. The van der Waals surface area contributed by atoms with Gasteiger partial charge in [0.25, 0.3) is 0 Å². The van der Waals surface area contributed by atoms with Crippen molar-refractivity contribution in [3.8, 4) is 0 Å². The Morgan fingerprint density at radius 1 is 1.52 bits per heavy atom. The highest BCUT2D eigenvalue weighted by molar-refractivity contribution is 7.91. The molecule has 0 amide bonds. The van der Waals surface area contributed by atoms with Gasteiger partial charge in [-0.15, -0.1) is 0 Å². The van der Waals surface area contributed by atoms with Gasteiger partial charge in [-0.25, -0.2) is 8.42 Å². The highest BCUT2D eigenvalue weighted by atomic mass is 32.2. The molecule has 116 valence electrons. The zero-order valence-electron chi connectivity index (χ0n) is 12.0. The molecule has 1 unspecified atom stereocenters. The van der Waals surface area contributed by atoms with E-state index in [1.165, 1.54) is 25.0 Å². The summed E-state index contributed by atoms with van der Waals surface area (Å²) in [5, 5.41) is 14.8. The van der Waals surface area contributed by atoms with Crippen LogP contribution in [-0.2, 0) is 9.84 Å². The number of sulfone groups is 1. The number of nitrogens with two attached hydrogens (primary N) is 1. The fourth-order valence-electron chi connectivity index (χ4n) is 2.21. The molecule has 0 heterocycles. The molecule has 1 aromatic rings. The topological polar surface area (TPSA) is 105 Å². The molecule has 1 fully saturated rings. The highest BCUT2D eigenvalue weighted by Crippen LogP contribution is 2.32. The van der Waals surface area contributed by atoms with E-state index >= 15 is 0 Å². The normalized spacial score (nSPS) is 17.7. The largest absolute Gasteiger partial charge is 0.409 e. The summed E-state index contributed by atoms with van der Waals surface area (Å²) in [5.41, 5.74) is 5.87. The summed E-state index contributed by atoms with van der Waals surface area (Å²) in [6.07, 6.45) is 2.45. The molecule has 7 heteroatoms. The summed E-state index contributed by atoms with van der Waals surface area (Å²) < 4.78 is 24.6. The Balaban J connectivity index is 2.01. The molecule has 1 aromatic carbocycles. The monoisotopic (exact) mass is 311 g/mol. The van der Waals surface area contributed by atoms with E-state index in [1.54, 1.807) is 12.1 Å². The summed E-state index contributed by atoms with van der Waals surface area (Å²) in [4.78, 5) is 0.187. The van der Waals surface area contributed by atoms with Crippen LogP contribution in [0.3, 0.4) is 0 Å². The summed E-state index contributed by atoms with van der Waals surface area (Å²) in [6, 6.07) is 6.49. The van der Waals surface area contributed by atoms with E-state index in [1.807, 2.05) is 0 Å². The van der Waals surface area contributed by atoms with Crippen molar-refractivity contribution in [3.05, 3.63) is 29.8 Å². The number of rotatable bonds is 7. The van der Waals surface area contributed by atoms with Gasteiger partial charge in [-0.2, -0.15) is 0 Å². The van der Waals surface area contributed by atoms with Crippen molar-refractivity contribution < 1.29 is 13.6 Å². The van der Waals surface area contributed by atoms with Crippen LogP contribution < -0.4 is 11.1 Å². The van der Waals surface area contributed by atoms with E-state index in [0.29, 0.717) is 24.1 Å². The second kappa shape index (κ2) is 6.44. The van der Waals surface area contributed by atoms with Crippen molar-refractivity contribution in [2.24, 2.45) is 16.8 Å². The molecular weight excluding hydrogens is 290 g/mol. The van der Waals surface area contributed by atoms with Gasteiger partial charge in [-0.05, 0) is 37.8 Å². The Labute approximate surface area is 125 Å². The van der Waals surface area contributed by atoms with E-state index < -0.39 is 9.84 Å². The number of nitrogens with one attached hydrogen (secondary N) is 1. The van der Waals surface area contributed by atoms with Crippen LogP contribution in [0.5, 0.6) is 0 Å². The van der Waals surface area contributed by atoms with Crippen LogP contribution in [0.2, 0.25) is 0 Å². The van der Waals surface area contributed by atoms with Gasteiger partial charge in [0, 0.05) is 18.2 Å². The lowest BCUT2D eigenvalue weighted by molar-refractivity contribution is 0.318. The van der Waals surface area contributed by atoms with Gasteiger partial charge in [0.2, 0.25) is 0 Å². The Morgan fingerprint density at radius 3 is 2.86 bits per heavy atom. The Bertz CT molecular complexity index is 624. The zero-order chi connectivity index (χ0) is 15.5. The molecule has 1 atom stereocenters. The lowest BCUT2D eigenvalue weighted by atomic mass is 10.2. The third-order valence-electron chi connectivity index (χ3n) is 3.76. The SMILES string of the molecule is CC(NCCS(=O)(=O)c1cccc(/C(N)=N/O)c1)C1CC1. The minimum atomic E-state index is -3.38. The first-order valence-electron chi connectivity index (χ1n) is 6.98. The third kappa shape index (κ3) is 4.18. The molecular formula is C14H21N3O3S. The van der Waals surface area contributed by atoms with Crippen molar-refractivity contribution in [2.75, 3.05) is 12.3 Å². The van der Waals surface area contributed by atoms with Gasteiger partial charge >= 0.3 is 0 Å². The van der Waals surface area contributed by atoms with Crippen molar-refractivity contribution >= 4 is 15.7 Å². The standard InChI is InChI=1S/C14H21N3O3S/c1-10(11-5-6-11)16-7-8-21(19,20)13-4-2-3-12(9-13)14(15)17-18/h2-4,9-11,16,18H,5-8H2,1H3,(H2,15,17). The van der Waals surface area contributed by atoms with Crippen LogP contribution >= 0.6 is 0 Å². The predicted octanol–water partition coefficient (Wildman–Crippen LogP) is 0.943. The molecule has 1 aliphatic rings. The molecule has 0 aliphatic heterocycles. The smallest absolute Gasteiger partial charge is 0.179 e. The Hall–Kier alpha value is -1.60. The number of oxime groups is 1. The van der Waals surface area contributed by atoms with Gasteiger partial charge in [0.1, 0.15) is 0 Å². The maximum absolute atomic E-state index is 12.3. The number of benzene rings is 1. The molecule has 4 N–H and O–H groups in total. The van der Waals surface area contributed by atoms with Crippen molar-refractivity contribution in [2.45, 2.75) is 30.7 Å². The third-order valence-corrected chi connectivity index (χ3v) is 5.48. The molecule has 0 bridgehead atoms. The number of nitrogens with zero attached hydrogens (tertiary/aromatic N) is 1. The average molecular weight is 311 g/mol. The van der Waals surface area contributed by atoms with Crippen LogP contribution in [0.25, 0.3) is 0 Å². The van der Waals surface area contributed by atoms with E-state index in [4.69, 9.17) is 10.9 Å². The van der Waals surface area contributed by atoms with Gasteiger partial charge in [-0.1, -0.05) is 17.3 Å². The van der Waals surface area contributed by atoms with E-state index in [-0.39, 0.29) is 16.5 Å². The van der Waals surface area contributed by atoms with Crippen LogP contribution in [0, 0.1) is 5.92 Å². The van der Waals surface area contributed by atoms with Crippen molar-refractivity contribution in [3.63, 3.8) is 0 Å². The minimum Gasteiger partial charge on any atom is -0.409 e. The summed E-state index contributed by atoms with van der Waals surface area (Å²) in [7, 11) is -3.38. The fourth-order valence-corrected chi connectivity index (χ4v) is 3.42. The van der Waals surface area contributed by atoms with E-state index in [9.17, 15) is 8.42 Å². The van der Waals surface area contributed by atoms with Gasteiger partial charge in [0.15, 0.2) is 15.7 Å². The molecule has 21 heavy (non-hydrogen) atoms. The van der Waals surface area contributed by atoms with Crippen LogP contribution in [0.1, 0.15) is 25.3 Å². The van der Waals surface area contributed by atoms with Gasteiger partial charge in [0.05, 0.1) is 10.6 Å². The average Bonchev–Trinajstić information content (AvgIpc) is 3.31. The first kappa shape index (κ1) is 15.8. The molecule has 1 saturated carbocycles. The first-order valence-corrected chi connectivity index (χ1v) is 8.63. The minimum absolute atomic E-state index is 0.0314. The van der Waals surface area contributed by atoms with E-state index in [0.717, 1.165) is 0 Å².